The molecule has 0 aromatic carbocycles. The Kier molecular flexibility index (Phi) is 9.62. The van der Waals surface area contributed by atoms with Crippen LogP contribution < -0.4 is 0 Å². The minimum absolute atomic E-state index is 0.0318. The number of ether oxygens (including phenoxy) is 6. The van der Waals surface area contributed by atoms with E-state index in [1.54, 1.807) is 14.0 Å². The van der Waals surface area contributed by atoms with E-state index in [9.17, 15) is 20.4 Å². The molecule has 1 unspecified atom stereocenters. The molecule has 45 heavy (non-hydrogen) atoms. The van der Waals surface area contributed by atoms with Crippen molar-refractivity contribution in [3.63, 3.8) is 0 Å². The maximum atomic E-state index is 12.3. The van der Waals surface area contributed by atoms with Crippen LogP contribution in [0.1, 0.15) is 92.4 Å². The SMILES string of the molecule is CO[C@H]1[C@@H](O)[C@@H](C)O[C@@H](O[C@@H]2[C@@H](C)O[C@@H](O[C@H]3CC[C@@]4(C)C(=CC[C@@H]5C4CC[C@]4(C)[C@@H]([C@H](C)O)CC[C@]54O)C3)C[C@H]2OC)[C@@H]1O. The van der Waals surface area contributed by atoms with Gasteiger partial charge in [0.25, 0.3) is 0 Å². The fourth-order valence-corrected chi connectivity index (χ4v) is 10.8. The number of aliphatic hydroxyl groups is 4. The Bertz CT molecular complexity index is 1080. The number of rotatable bonds is 7. The molecule has 4 aliphatic carbocycles. The van der Waals surface area contributed by atoms with Crippen molar-refractivity contribution >= 4 is 0 Å². The quantitative estimate of drug-likeness (QED) is 0.307. The van der Waals surface area contributed by atoms with E-state index in [-0.39, 0.29) is 41.0 Å². The first-order valence-corrected chi connectivity index (χ1v) is 17.4. The zero-order chi connectivity index (χ0) is 32.5. The van der Waals surface area contributed by atoms with Gasteiger partial charge in [0.1, 0.15) is 24.4 Å². The number of aliphatic hydroxyl groups excluding tert-OH is 3. The van der Waals surface area contributed by atoms with Crippen LogP contribution >= 0.6 is 0 Å². The summed E-state index contributed by atoms with van der Waals surface area (Å²) in [5.74, 6) is 0.818. The third-order valence-electron chi connectivity index (χ3n) is 13.5. The first-order valence-electron chi connectivity index (χ1n) is 17.4. The van der Waals surface area contributed by atoms with E-state index in [2.05, 4.69) is 19.9 Å². The standard InChI is InChI=1S/C35H58O10/c1-18(36)23-12-15-35(39)25-9-8-21-16-22(10-13-33(21,4)24(25)11-14-34(23,35)5)44-27-17-26(40-6)30(20(3)42-27)45-32-29(38)31(41-7)28(37)19(2)43-32/h8,18-20,22-32,36-39H,9-17H2,1-7H3/t18-,19+,20+,22-,23+,24?,25+,26+,27-,28-,29+,30+,31-,32-,33-,34+,35-/m0/s1. The minimum atomic E-state index is -1.16. The Labute approximate surface area is 268 Å². The molecule has 0 aromatic rings. The van der Waals surface area contributed by atoms with Gasteiger partial charge in [0.2, 0.25) is 0 Å². The fourth-order valence-electron chi connectivity index (χ4n) is 10.8. The zero-order valence-corrected chi connectivity index (χ0v) is 28.3. The largest absolute Gasteiger partial charge is 0.393 e. The summed E-state index contributed by atoms with van der Waals surface area (Å²) >= 11 is 0. The molecule has 2 heterocycles. The van der Waals surface area contributed by atoms with Crippen molar-refractivity contribution in [1.29, 1.82) is 0 Å². The van der Waals surface area contributed by atoms with E-state index >= 15 is 0 Å². The summed E-state index contributed by atoms with van der Waals surface area (Å²) in [6, 6.07) is 0. The lowest BCUT2D eigenvalue weighted by Gasteiger charge is -2.61. The Hall–Kier alpha value is -0.660. The van der Waals surface area contributed by atoms with Crippen molar-refractivity contribution in [2.45, 2.75) is 166 Å². The van der Waals surface area contributed by atoms with Gasteiger partial charge in [-0.25, -0.2) is 0 Å². The molecular weight excluding hydrogens is 580 g/mol. The first-order chi connectivity index (χ1) is 21.3. The first kappa shape index (κ1) is 34.2. The van der Waals surface area contributed by atoms with Crippen molar-refractivity contribution in [3.05, 3.63) is 11.6 Å². The lowest BCUT2D eigenvalue weighted by molar-refractivity contribution is -0.342. The second-order valence-corrected chi connectivity index (χ2v) is 15.6. The second kappa shape index (κ2) is 12.7. The fraction of sp³-hybridized carbons (Fsp3) is 0.943. The van der Waals surface area contributed by atoms with Crippen molar-refractivity contribution in [2.24, 2.45) is 28.6 Å². The van der Waals surface area contributed by atoms with E-state index in [0.29, 0.717) is 12.3 Å². The van der Waals surface area contributed by atoms with Crippen molar-refractivity contribution < 1.29 is 48.8 Å². The van der Waals surface area contributed by atoms with Crippen LogP contribution in [0, 0.1) is 28.6 Å². The molecule has 258 valence electrons. The number of hydrogen-bond acceptors (Lipinski definition) is 10. The van der Waals surface area contributed by atoms with Crippen LogP contribution in [0.4, 0.5) is 0 Å². The van der Waals surface area contributed by atoms with Gasteiger partial charge in [0.15, 0.2) is 12.6 Å². The van der Waals surface area contributed by atoms with Crippen molar-refractivity contribution in [2.75, 3.05) is 14.2 Å². The average molecular weight is 639 g/mol. The summed E-state index contributed by atoms with van der Waals surface area (Å²) in [4.78, 5) is 0. The van der Waals surface area contributed by atoms with Crippen molar-refractivity contribution in [3.8, 4) is 0 Å². The predicted molar refractivity (Wildman–Crippen MR) is 165 cm³/mol. The monoisotopic (exact) mass is 638 g/mol. The minimum Gasteiger partial charge on any atom is -0.393 e. The van der Waals surface area contributed by atoms with Gasteiger partial charge in [0.05, 0.1) is 36.1 Å². The lowest BCUT2D eigenvalue weighted by Crippen LogP contribution is -2.61. The van der Waals surface area contributed by atoms with Gasteiger partial charge in [-0.05, 0) is 95.3 Å². The number of methoxy groups -OCH3 is 2. The average Bonchev–Trinajstić information content (AvgIpc) is 3.28. The van der Waals surface area contributed by atoms with E-state index in [0.717, 1.165) is 51.4 Å². The number of allylic oxidation sites excluding steroid dienone is 1. The molecule has 0 amide bonds. The predicted octanol–water partition coefficient (Wildman–Crippen LogP) is 3.46. The van der Waals surface area contributed by atoms with Crippen LogP contribution in [0.15, 0.2) is 11.6 Å². The lowest BCUT2D eigenvalue weighted by atomic mass is 9.45. The molecule has 0 spiro atoms. The number of hydrogen-bond donors (Lipinski definition) is 4. The van der Waals surface area contributed by atoms with Gasteiger partial charge in [-0.1, -0.05) is 25.5 Å². The van der Waals surface area contributed by atoms with Gasteiger partial charge < -0.3 is 48.8 Å². The smallest absolute Gasteiger partial charge is 0.187 e. The van der Waals surface area contributed by atoms with E-state index in [4.69, 9.17) is 28.4 Å². The topological polar surface area (TPSA) is 136 Å². The van der Waals surface area contributed by atoms with Crippen LogP contribution in [0.25, 0.3) is 0 Å². The summed E-state index contributed by atoms with van der Waals surface area (Å²) < 4.78 is 36.2. The Morgan fingerprint density at radius 1 is 0.889 bits per heavy atom. The summed E-state index contributed by atoms with van der Waals surface area (Å²) in [7, 11) is 3.09. The highest BCUT2D eigenvalue weighted by molar-refractivity contribution is 5.28. The molecule has 4 N–H and O–H groups in total. The molecule has 17 atom stereocenters. The van der Waals surface area contributed by atoms with Crippen LogP contribution in [0.3, 0.4) is 0 Å². The highest BCUT2D eigenvalue weighted by Crippen LogP contribution is 2.68. The zero-order valence-electron chi connectivity index (χ0n) is 28.3. The van der Waals surface area contributed by atoms with E-state index in [1.807, 2.05) is 13.8 Å². The molecule has 0 aromatic heterocycles. The van der Waals surface area contributed by atoms with Crippen LogP contribution in [0.2, 0.25) is 0 Å². The maximum absolute atomic E-state index is 12.3. The Morgan fingerprint density at radius 2 is 1.64 bits per heavy atom. The molecule has 5 fully saturated rings. The van der Waals surface area contributed by atoms with Gasteiger partial charge in [-0.15, -0.1) is 0 Å². The summed E-state index contributed by atoms with van der Waals surface area (Å²) in [6.07, 6.45) is 3.77. The van der Waals surface area contributed by atoms with Crippen LogP contribution in [-0.4, -0.2) is 108 Å². The van der Waals surface area contributed by atoms with Gasteiger partial charge in [-0.2, -0.15) is 0 Å². The summed E-state index contributed by atoms with van der Waals surface area (Å²) in [5.41, 5.74) is 0.545. The van der Waals surface area contributed by atoms with Gasteiger partial charge in [-0.3, -0.25) is 0 Å². The molecule has 10 nitrogen and oxygen atoms in total. The Balaban J connectivity index is 1.09. The third-order valence-corrected chi connectivity index (χ3v) is 13.5. The molecule has 0 bridgehead atoms. The molecule has 2 saturated heterocycles. The maximum Gasteiger partial charge on any atom is 0.187 e. The van der Waals surface area contributed by atoms with E-state index in [1.165, 1.54) is 12.7 Å². The summed E-state index contributed by atoms with van der Waals surface area (Å²) in [6.45, 7) is 10.2. The molecular formula is C35H58O10. The number of fused-ring (bicyclic) bond motifs is 5. The molecule has 10 heteroatoms. The van der Waals surface area contributed by atoms with Crippen LogP contribution in [-0.2, 0) is 28.4 Å². The van der Waals surface area contributed by atoms with E-state index < -0.39 is 54.8 Å². The molecule has 2 aliphatic heterocycles. The highest BCUT2D eigenvalue weighted by Gasteiger charge is 2.66. The summed E-state index contributed by atoms with van der Waals surface area (Å²) in [5, 5.41) is 44.0. The van der Waals surface area contributed by atoms with Crippen LogP contribution in [0.5, 0.6) is 0 Å². The van der Waals surface area contributed by atoms with Gasteiger partial charge in [0, 0.05) is 26.1 Å². The molecule has 0 radical (unpaired) electrons. The second-order valence-electron chi connectivity index (χ2n) is 15.6. The normalized spacial score (nSPS) is 54.0. The third kappa shape index (κ3) is 5.57. The van der Waals surface area contributed by atoms with Gasteiger partial charge >= 0.3 is 0 Å². The highest BCUT2D eigenvalue weighted by atomic mass is 16.7. The van der Waals surface area contributed by atoms with Crippen molar-refractivity contribution in [1.82, 2.24) is 0 Å². The Morgan fingerprint density at radius 3 is 2.33 bits per heavy atom. The molecule has 6 aliphatic rings. The molecule has 3 saturated carbocycles. The molecule has 6 rings (SSSR count).